The molecule has 1 amide bonds. The molecule has 1 aliphatic carbocycles. The lowest BCUT2D eigenvalue weighted by atomic mass is 10.1. The summed E-state index contributed by atoms with van der Waals surface area (Å²) in [6.45, 7) is 2.27. The lowest BCUT2D eigenvalue weighted by molar-refractivity contribution is 0.103. The summed E-state index contributed by atoms with van der Waals surface area (Å²) in [6.07, 6.45) is 0.824. The summed E-state index contributed by atoms with van der Waals surface area (Å²) >= 11 is 1.31. The SMILES string of the molecule is O=C(Nc1cc(-c2cc(Nc3cc4n(n3)CCNC4)c(=O)[nH]n2)ccc1F)c1cc2c(s1)CCC2O. The van der Waals surface area contributed by atoms with E-state index >= 15 is 0 Å². The van der Waals surface area contributed by atoms with Gasteiger partial charge in [0.2, 0.25) is 0 Å². The Morgan fingerprint density at radius 3 is 2.94 bits per heavy atom. The van der Waals surface area contributed by atoms with Crippen LogP contribution in [-0.2, 0) is 19.5 Å². The Hall–Kier alpha value is -3.87. The zero-order valence-electron chi connectivity index (χ0n) is 19.0. The number of halogens is 1. The number of benzene rings is 1. The minimum absolute atomic E-state index is 0.0107. The molecule has 6 rings (SSSR count). The molecule has 0 radical (unpaired) electrons. The van der Waals surface area contributed by atoms with E-state index in [4.69, 9.17) is 0 Å². The summed E-state index contributed by atoms with van der Waals surface area (Å²) in [5.74, 6) is -0.514. The van der Waals surface area contributed by atoms with Gasteiger partial charge in [0.25, 0.3) is 11.5 Å². The van der Waals surface area contributed by atoms with E-state index in [2.05, 4.69) is 31.2 Å². The predicted molar refractivity (Wildman–Crippen MR) is 133 cm³/mol. The Morgan fingerprint density at radius 1 is 1.22 bits per heavy atom. The Kier molecular flexibility index (Phi) is 5.63. The molecule has 0 saturated carbocycles. The summed E-state index contributed by atoms with van der Waals surface area (Å²) in [4.78, 5) is 26.6. The number of fused-ring (bicyclic) bond motifs is 2. The number of amides is 1. The van der Waals surface area contributed by atoms with Crippen LogP contribution in [0.4, 0.5) is 21.6 Å². The second-order valence-electron chi connectivity index (χ2n) is 8.73. The molecule has 5 N–H and O–H groups in total. The molecule has 1 unspecified atom stereocenters. The smallest absolute Gasteiger partial charge is 0.287 e. The van der Waals surface area contributed by atoms with Crippen LogP contribution in [-0.4, -0.2) is 37.5 Å². The number of H-pyrrole nitrogens is 1. The van der Waals surface area contributed by atoms with Crippen molar-refractivity contribution in [3.63, 3.8) is 0 Å². The number of rotatable bonds is 5. The predicted octanol–water partition coefficient (Wildman–Crippen LogP) is 2.91. The van der Waals surface area contributed by atoms with Crippen molar-refractivity contribution >= 4 is 34.4 Å². The fourth-order valence-corrected chi connectivity index (χ4v) is 5.59. The third-order valence-corrected chi connectivity index (χ3v) is 7.53. The van der Waals surface area contributed by atoms with Gasteiger partial charge in [0, 0.05) is 29.6 Å². The molecule has 1 aromatic carbocycles. The Bertz CT molecular complexity index is 1520. The molecule has 10 nitrogen and oxygen atoms in total. The van der Waals surface area contributed by atoms with Crippen molar-refractivity contribution in [2.75, 3.05) is 17.2 Å². The van der Waals surface area contributed by atoms with Crippen LogP contribution in [0.3, 0.4) is 0 Å². The topological polar surface area (TPSA) is 137 Å². The van der Waals surface area contributed by atoms with Crippen molar-refractivity contribution in [3.05, 3.63) is 73.6 Å². The van der Waals surface area contributed by atoms with Crippen LogP contribution in [0.25, 0.3) is 11.3 Å². The zero-order chi connectivity index (χ0) is 24.8. The van der Waals surface area contributed by atoms with E-state index in [9.17, 15) is 19.1 Å². The number of carbonyl (C=O) groups is 1. The van der Waals surface area contributed by atoms with Gasteiger partial charge in [0.05, 0.1) is 34.6 Å². The summed E-state index contributed by atoms with van der Waals surface area (Å²) < 4.78 is 16.5. The first kappa shape index (κ1) is 22.6. The number of aromatic amines is 1. The van der Waals surface area contributed by atoms with Crippen LogP contribution in [0.15, 0.2) is 41.2 Å². The van der Waals surface area contributed by atoms with Crippen LogP contribution in [0, 0.1) is 5.82 Å². The largest absolute Gasteiger partial charge is 0.388 e. The molecule has 4 heterocycles. The van der Waals surface area contributed by atoms with Crippen LogP contribution in [0.5, 0.6) is 0 Å². The van der Waals surface area contributed by atoms with Gasteiger partial charge in [0.15, 0.2) is 5.82 Å². The normalized spacial score (nSPS) is 16.4. The molecule has 184 valence electrons. The Balaban J connectivity index is 1.25. The molecule has 0 bridgehead atoms. The number of thiophene rings is 1. The van der Waals surface area contributed by atoms with Gasteiger partial charge in [-0.1, -0.05) is 0 Å². The second-order valence-corrected chi connectivity index (χ2v) is 9.87. The van der Waals surface area contributed by atoms with Crippen LogP contribution >= 0.6 is 11.3 Å². The van der Waals surface area contributed by atoms with Gasteiger partial charge in [-0.2, -0.15) is 10.2 Å². The number of nitrogens with one attached hydrogen (secondary N) is 4. The second kappa shape index (κ2) is 8.97. The van der Waals surface area contributed by atoms with Crippen molar-refractivity contribution in [2.24, 2.45) is 0 Å². The number of hydrogen-bond acceptors (Lipinski definition) is 8. The summed E-state index contributed by atoms with van der Waals surface area (Å²) in [5, 5.41) is 30.0. The molecule has 1 atom stereocenters. The van der Waals surface area contributed by atoms with E-state index in [1.54, 1.807) is 12.1 Å². The number of nitrogens with zero attached hydrogens (tertiary/aromatic N) is 3. The van der Waals surface area contributed by atoms with Crippen molar-refractivity contribution in [3.8, 4) is 11.3 Å². The molecule has 36 heavy (non-hydrogen) atoms. The first-order valence-electron chi connectivity index (χ1n) is 11.5. The monoisotopic (exact) mass is 507 g/mol. The molecule has 2 aliphatic rings. The molecule has 0 saturated heterocycles. The summed E-state index contributed by atoms with van der Waals surface area (Å²) in [5.41, 5.74) is 2.48. The first-order chi connectivity index (χ1) is 17.4. The number of aryl methyl sites for hydroxylation is 1. The fraction of sp³-hybridized carbons (Fsp3) is 0.250. The number of aromatic nitrogens is 4. The summed E-state index contributed by atoms with van der Waals surface area (Å²) in [7, 11) is 0. The maximum absolute atomic E-state index is 14.6. The molecule has 0 fully saturated rings. The third-order valence-electron chi connectivity index (χ3n) is 6.32. The van der Waals surface area contributed by atoms with Crippen LogP contribution < -0.4 is 21.5 Å². The van der Waals surface area contributed by atoms with Crippen LogP contribution in [0.1, 0.15) is 38.3 Å². The van der Waals surface area contributed by atoms with Gasteiger partial charge in [-0.3, -0.25) is 14.3 Å². The van der Waals surface area contributed by atoms with Gasteiger partial charge >= 0.3 is 0 Å². The maximum atomic E-state index is 14.6. The molecule has 3 aromatic heterocycles. The average molecular weight is 508 g/mol. The van der Waals surface area contributed by atoms with E-state index < -0.39 is 23.4 Å². The number of hydrogen-bond donors (Lipinski definition) is 5. The Morgan fingerprint density at radius 2 is 2.11 bits per heavy atom. The third kappa shape index (κ3) is 4.19. The van der Waals surface area contributed by atoms with E-state index in [0.717, 1.165) is 35.6 Å². The van der Waals surface area contributed by atoms with E-state index in [1.165, 1.54) is 29.5 Å². The zero-order valence-corrected chi connectivity index (χ0v) is 19.8. The number of aliphatic hydroxyl groups is 1. The molecular formula is C24H22FN7O3S. The van der Waals surface area contributed by atoms with E-state index in [0.29, 0.717) is 34.9 Å². The quantitative estimate of drug-likeness (QED) is 0.280. The number of anilines is 3. The first-order valence-corrected chi connectivity index (χ1v) is 12.3. The molecular weight excluding hydrogens is 485 g/mol. The van der Waals surface area contributed by atoms with Crippen molar-refractivity contribution in [1.29, 1.82) is 0 Å². The highest BCUT2D eigenvalue weighted by molar-refractivity contribution is 7.14. The number of aliphatic hydroxyl groups excluding tert-OH is 1. The highest BCUT2D eigenvalue weighted by Crippen LogP contribution is 2.37. The highest BCUT2D eigenvalue weighted by atomic mass is 32.1. The van der Waals surface area contributed by atoms with Crippen LogP contribution in [0.2, 0.25) is 0 Å². The van der Waals surface area contributed by atoms with Gasteiger partial charge in [0.1, 0.15) is 11.5 Å². The van der Waals surface area contributed by atoms with Crippen molar-refractivity contribution in [1.82, 2.24) is 25.3 Å². The molecule has 0 spiro atoms. The fourth-order valence-electron chi connectivity index (χ4n) is 4.46. The van der Waals surface area contributed by atoms with Gasteiger partial charge < -0.3 is 21.1 Å². The molecule has 1 aliphatic heterocycles. The van der Waals surface area contributed by atoms with Gasteiger partial charge in [-0.25, -0.2) is 9.49 Å². The lowest BCUT2D eigenvalue weighted by Gasteiger charge is -2.13. The summed E-state index contributed by atoms with van der Waals surface area (Å²) in [6, 6.07) is 9.32. The highest BCUT2D eigenvalue weighted by Gasteiger charge is 2.25. The van der Waals surface area contributed by atoms with E-state index in [-0.39, 0.29) is 11.4 Å². The molecule has 4 aromatic rings. The minimum atomic E-state index is -0.601. The number of carbonyl (C=O) groups excluding carboxylic acids is 1. The average Bonchev–Trinajstić information content (AvgIpc) is 3.57. The van der Waals surface area contributed by atoms with Crippen molar-refractivity contribution in [2.45, 2.75) is 32.0 Å². The molecule has 12 heteroatoms. The lowest BCUT2D eigenvalue weighted by Crippen LogP contribution is -2.28. The maximum Gasteiger partial charge on any atom is 0.287 e. The van der Waals surface area contributed by atoms with Gasteiger partial charge in [-0.05, 0) is 48.7 Å². The standard InChI is InChI=1S/C24H22FN7O3S/c25-15-2-1-12(7-17(15)28-24(35)21-9-14-19(33)3-4-20(14)36-21)16-10-18(23(34)30-29-16)27-22-8-13-11-26-5-6-32(13)31-22/h1-2,7-10,19,26,33H,3-6,11H2,(H,28,35)(H,30,34)(H,27,29,31). The Labute approximate surface area is 208 Å². The van der Waals surface area contributed by atoms with Gasteiger partial charge in [-0.15, -0.1) is 11.3 Å². The minimum Gasteiger partial charge on any atom is -0.388 e. The van der Waals surface area contributed by atoms with Crippen molar-refractivity contribution < 1.29 is 14.3 Å². The van der Waals surface area contributed by atoms with E-state index in [1.807, 2.05) is 10.7 Å².